The van der Waals surface area contributed by atoms with E-state index < -0.39 is 37.3 Å². The van der Waals surface area contributed by atoms with E-state index >= 15 is 0 Å². The molecule has 0 unspecified atom stereocenters. The van der Waals surface area contributed by atoms with Gasteiger partial charge in [-0.2, -0.15) is 0 Å². The zero-order valence-electron chi connectivity index (χ0n) is 18.0. The molecular weight excluding hydrogens is 430 g/mol. The summed E-state index contributed by atoms with van der Waals surface area (Å²) >= 11 is 1.58. The van der Waals surface area contributed by atoms with Gasteiger partial charge < -0.3 is 34.8 Å². The number of aryl methyl sites for hydroxylation is 2. The summed E-state index contributed by atoms with van der Waals surface area (Å²) in [7, 11) is 0. The number of nitrogens with zero attached hydrogens (tertiary/aromatic N) is 1. The average molecular weight is 460 g/mol. The number of ether oxygens (including phenoxy) is 1. The summed E-state index contributed by atoms with van der Waals surface area (Å²) in [5, 5.41) is 50.9. The first-order valence-electron chi connectivity index (χ1n) is 10.6. The summed E-state index contributed by atoms with van der Waals surface area (Å²) in [6, 6.07) is 12.1. The number of aliphatic hydroxyl groups is 5. The molecule has 5 N–H and O–H groups in total. The van der Waals surface area contributed by atoms with Gasteiger partial charge in [-0.1, -0.05) is 36.0 Å². The molecule has 0 bridgehead atoms. The topological polar surface area (TPSA) is 115 Å². The predicted molar refractivity (Wildman–Crippen MR) is 122 cm³/mol. The minimum absolute atomic E-state index is 0.109. The van der Waals surface area contributed by atoms with Gasteiger partial charge in [-0.15, -0.1) is 0 Å². The van der Waals surface area contributed by atoms with Crippen molar-refractivity contribution < 1.29 is 30.3 Å². The Morgan fingerprint density at radius 1 is 0.906 bits per heavy atom. The number of benzene rings is 2. The maximum Gasteiger partial charge on any atom is 0.163 e. The van der Waals surface area contributed by atoms with E-state index in [1.807, 2.05) is 56.4 Å². The van der Waals surface area contributed by atoms with Crippen LogP contribution >= 0.6 is 11.8 Å². The molecule has 8 heteroatoms. The van der Waals surface area contributed by atoms with Crippen LogP contribution in [0.5, 0.6) is 0 Å². The first-order valence-corrected chi connectivity index (χ1v) is 11.5. The monoisotopic (exact) mass is 459 g/mol. The molecule has 1 aromatic heterocycles. The highest BCUT2D eigenvalue weighted by atomic mass is 32.2. The smallest absolute Gasteiger partial charge is 0.163 e. The van der Waals surface area contributed by atoms with Crippen LogP contribution in [0.4, 0.5) is 0 Å². The molecule has 5 atom stereocenters. The van der Waals surface area contributed by atoms with Crippen molar-refractivity contribution in [3.63, 3.8) is 0 Å². The molecule has 172 valence electrons. The van der Waals surface area contributed by atoms with Crippen molar-refractivity contribution in [3.8, 4) is 0 Å². The Morgan fingerprint density at radius 3 is 2.25 bits per heavy atom. The lowest BCUT2D eigenvalue weighted by molar-refractivity contribution is -0.250. The quantitative estimate of drug-likeness (QED) is 0.383. The maximum absolute atomic E-state index is 10.7. The first kappa shape index (κ1) is 23.3. The fourth-order valence-corrected chi connectivity index (χ4v) is 5.32. The van der Waals surface area contributed by atoms with Gasteiger partial charge in [0, 0.05) is 28.0 Å². The van der Waals surface area contributed by atoms with E-state index in [4.69, 9.17) is 9.84 Å². The minimum Gasteiger partial charge on any atom is -0.396 e. The Balaban J connectivity index is 1.78. The summed E-state index contributed by atoms with van der Waals surface area (Å²) in [6.45, 7) is 3.63. The fourth-order valence-electron chi connectivity index (χ4n) is 4.27. The zero-order chi connectivity index (χ0) is 23.0. The van der Waals surface area contributed by atoms with E-state index in [9.17, 15) is 20.4 Å². The maximum atomic E-state index is 10.7. The van der Waals surface area contributed by atoms with Crippen molar-refractivity contribution in [2.45, 2.75) is 60.7 Å². The van der Waals surface area contributed by atoms with E-state index in [-0.39, 0.29) is 6.61 Å². The van der Waals surface area contributed by atoms with Gasteiger partial charge in [-0.3, -0.25) is 0 Å². The number of aliphatic hydroxyl groups excluding tert-OH is 5. The Hall–Kier alpha value is -1.91. The largest absolute Gasteiger partial charge is 0.396 e. The number of fused-ring (bicyclic) bond motifs is 1. The summed E-state index contributed by atoms with van der Waals surface area (Å²) < 4.78 is 7.64. The van der Waals surface area contributed by atoms with E-state index in [0.717, 1.165) is 37.4 Å². The number of hydrogen-bond donors (Lipinski definition) is 5. The number of rotatable bonds is 6. The fraction of sp³-hybridized carbons (Fsp3) is 0.417. The molecule has 2 heterocycles. The van der Waals surface area contributed by atoms with Gasteiger partial charge in [0.1, 0.15) is 24.4 Å². The highest BCUT2D eigenvalue weighted by Crippen LogP contribution is 2.41. The molecule has 1 saturated heterocycles. The predicted octanol–water partition coefficient (Wildman–Crippen LogP) is 1.92. The summed E-state index contributed by atoms with van der Waals surface area (Å²) in [5.41, 5.74) is 3.97. The van der Waals surface area contributed by atoms with Gasteiger partial charge in [0.15, 0.2) is 6.23 Å². The number of aromatic nitrogens is 1. The zero-order valence-corrected chi connectivity index (χ0v) is 18.9. The molecule has 0 radical (unpaired) electrons. The highest BCUT2D eigenvalue weighted by Gasteiger charge is 2.44. The Kier molecular flexibility index (Phi) is 6.92. The molecule has 4 rings (SSSR count). The third kappa shape index (κ3) is 4.20. The average Bonchev–Trinajstić information content (AvgIpc) is 3.16. The van der Waals surface area contributed by atoms with Gasteiger partial charge in [0.25, 0.3) is 0 Å². The van der Waals surface area contributed by atoms with Crippen LogP contribution in [0, 0.1) is 13.8 Å². The summed E-state index contributed by atoms with van der Waals surface area (Å²) in [6.07, 6.45) is -3.64. The second-order valence-corrected chi connectivity index (χ2v) is 9.38. The molecule has 0 spiro atoms. The van der Waals surface area contributed by atoms with Crippen LogP contribution in [-0.4, -0.2) is 67.7 Å². The molecule has 0 amide bonds. The van der Waals surface area contributed by atoms with Gasteiger partial charge in [-0.25, -0.2) is 0 Å². The van der Waals surface area contributed by atoms with E-state index in [1.54, 1.807) is 16.3 Å². The SMILES string of the molecule is Cc1ccc(C)c2c1c(Sc1ccc(CCO)cc1)cn2[C@@H]1O[C@H](CO)[C@@H](O)[C@H](O)[C@H]1O. The van der Waals surface area contributed by atoms with Crippen molar-refractivity contribution in [2.24, 2.45) is 0 Å². The number of hydrogen-bond acceptors (Lipinski definition) is 7. The molecule has 1 aliphatic rings. The van der Waals surface area contributed by atoms with Crippen LogP contribution in [0.15, 0.2) is 52.4 Å². The summed E-state index contributed by atoms with van der Waals surface area (Å²) in [5.74, 6) is 0. The van der Waals surface area contributed by atoms with Crippen molar-refractivity contribution >= 4 is 22.7 Å². The van der Waals surface area contributed by atoms with E-state index in [0.29, 0.717) is 6.42 Å². The highest BCUT2D eigenvalue weighted by molar-refractivity contribution is 7.99. The molecule has 3 aromatic rings. The van der Waals surface area contributed by atoms with Gasteiger partial charge in [0.2, 0.25) is 0 Å². The molecule has 7 nitrogen and oxygen atoms in total. The van der Waals surface area contributed by atoms with Gasteiger partial charge in [0.05, 0.1) is 12.1 Å². The molecule has 32 heavy (non-hydrogen) atoms. The second kappa shape index (κ2) is 9.52. The van der Waals surface area contributed by atoms with Crippen LogP contribution in [0.25, 0.3) is 10.9 Å². The van der Waals surface area contributed by atoms with Crippen molar-refractivity contribution in [1.82, 2.24) is 4.57 Å². The molecular formula is C24H29NO6S. The van der Waals surface area contributed by atoms with Gasteiger partial charge in [-0.05, 0) is 49.1 Å². The first-order chi connectivity index (χ1) is 15.3. The van der Waals surface area contributed by atoms with Gasteiger partial charge >= 0.3 is 0 Å². The van der Waals surface area contributed by atoms with Crippen LogP contribution in [-0.2, 0) is 11.2 Å². The Labute approximate surface area is 190 Å². The van der Waals surface area contributed by atoms with Crippen molar-refractivity contribution in [3.05, 3.63) is 59.3 Å². The molecule has 1 aliphatic heterocycles. The lowest BCUT2D eigenvalue weighted by Gasteiger charge is -2.40. The van der Waals surface area contributed by atoms with Crippen LogP contribution in [0.3, 0.4) is 0 Å². The molecule has 0 saturated carbocycles. The second-order valence-electron chi connectivity index (χ2n) is 8.26. The van der Waals surface area contributed by atoms with E-state index in [1.165, 1.54) is 0 Å². The molecule has 1 fully saturated rings. The van der Waals surface area contributed by atoms with Crippen LogP contribution in [0.2, 0.25) is 0 Å². The van der Waals surface area contributed by atoms with Crippen LogP contribution in [0.1, 0.15) is 22.9 Å². The van der Waals surface area contributed by atoms with E-state index in [2.05, 4.69) is 0 Å². The van der Waals surface area contributed by atoms with Crippen molar-refractivity contribution in [1.29, 1.82) is 0 Å². The Bertz CT molecular complexity index is 1080. The Morgan fingerprint density at radius 2 is 1.59 bits per heavy atom. The molecule has 2 aromatic carbocycles. The van der Waals surface area contributed by atoms with Crippen molar-refractivity contribution in [2.75, 3.05) is 13.2 Å². The third-order valence-electron chi connectivity index (χ3n) is 6.04. The third-order valence-corrected chi connectivity index (χ3v) is 7.08. The van der Waals surface area contributed by atoms with Crippen LogP contribution < -0.4 is 0 Å². The lowest BCUT2D eigenvalue weighted by atomic mass is 9.98. The lowest BCUT2D eigenvalue weighted by Crippen LogP contribution is -2.56. The summed E-state index contributed by atoms with van der Waals surface area (Å²) in [4.78, 5) is 1.99. The standard InChI is InChI=1S/C24H29NO6S/c1-13-3-4-14(2)20-19(13)18(32-16-7-5-15(6-8-16)9-10-26)11-25(20)24-23(30)22(29)21(28)17(12-27)31-24/h3-8,11,17,21-24,26-30H,9-10,12H2,1-2H3/t17-,21-,22+,23-,24-/m1/s1. The minimum atomic E-state index is -1.44. The molecule has 0 aliphatic carbocycles. The normalized spacial score (nSPS) is 26.0.